The summed E-state index contributed by atoms with van der Waals surface area (Å²) in [6, 6.07) is -2.83. The van der Waals surface area contributed by atoms with Gasteiger partial charge in [-0.25, -0.2) is 4.79 Å². The highest BCUT2D eigenvalue weighted by molar-refractivity contribution is 5.91. The number of carbonyl (C=O) groups is 4. The van der Waals surface area contributed by atoms with Crippen LogP contribution in [-0.4, -0.2) is 160 Å². The molecule has 3 atom stereocenters. The van der Waals surface area contributed by atoms with Gasteiger partial charge in [-0.1, -0.05) is 0 Å². The Labute approximate surface area is 291 Å². The van der Waals surface area contributed by atoms with Crippen LogP contribution in [0, 0.1) is 0 Å². The van der Waals surface area contributed by atoms with E-state index in [1.807, 2.05) is 0 Å². The van der Waals surface area contributed by atoms with E-state index in [0.717, 1.165) is 0 Å². The summed E-state index contributed by atoms with van der Waals surface area (Å²) in [6.45, 7) is 15.4. The topological polar surface area (TPSA) is 213 Å². The molecule has 0 bridgehead atoms. The van der Waals surface area contributed by atoms with Crippen molar-refractivity contribution in [2.75, 3.05) is 113 Å². The zero-order valence-corrected chi connectivity index (χ0v) is 30.3. The lowest BCUT2D eigenvalue weighted by Gasteiger charge is -2.24. The van der Waals surface area contributed by atoms with Crippen LogP contribution in [0.15, 0.2) is 0 Å². The number of hydrogen-bond donors (Lipinski definition) is 4. The summed E-state index contributed by atoms with van der Waals surface area (Å²) in [6.07, 6.45) is 0.107. The Kier molecular flexibility index (Phi) is 28.8. The quantitative estimate of drug-likeness (QED) is 0.0504. The van der Waals surface area contributed by atoms with E-state index in [1.165, 1.54) is 13.8 Å². The highest BCUT2D eigenvalue weighted by Gasteiger charge is 2.26. The molecule has 0 aliphatic heterocycles. The van der Waals surface area contributed by atoms with Crippen molar-refractivity contribution in [1.29, 1.82) is 0 Å². The molecule has 0 unspecified atom stereocenters. The van der Waals surface area contributed by atoms with Gasteiger partial charge in [-0.15, -0.1) is 0 Å². The van der Waals surface area contributed by atoms with Crippen LogP contribution in [0.25, 0.3) is 0 Å². The van der Waals surface area contributed by atoms with Crippen LogP contribution in [0.2, 0.25) is 0 Å². The first kappa shape index (κ1) is 46.5. The van der Waals surface area contributed by atoms with Crippen LogP contribution in [0.5, 0.6) is 0 Å². The second-order valence-electron chi connectivity index (χ2n) is 11.8. The fourth-order valence-corrected chi connectivity index (χ4v) is 3.51. The summed E-state index contributed by atoms with van der Waals surface area (Å²) in [7, 11) is 1.63. The molecule has 0 aliphatic rings. The lowest BCUT2D eigenvalue weighted by atomic mass is 10.1. The number of amides is 3. The lowest BCUT2D eigenvalue weighted by molar-refractivity contribution is -0.158. The summed E-state index contributed by atoms with van der Waals surface area (Å²) in [5.74, 6) is -2.02. The number of nitrogens with one attached hydrogen (secondary N) is 3. The van der Waals surface area contributed by atoms with E-state index in [0.29, 0.717) is 106 Å². The summed E-state index contributed by atoms with van der Waals surface area (Å²) in [5.41, 5.74) is 5.19. The molecule has 3 amide bonds. The van der Waals surface area contributed by atoms with Crippen LogP contribution in [0.3, 0.4) is 0 Å². The third kappa shape index (κ3) is 30.1. The number of methoxy groups -OCH3 is 1. The molecule has 288 valence electrons. The number of esters is 1. The molecule has 0 spiro atoms. The zero-order valence-electron chi connectivity index (χ0n) is 30.3. The van der Waals surface area contributed by atoms with Crippen LogP contribution in [0.4, 0.5) is 0 Å². The SMILES string of the molecule is COCCOCCOCCOCCOCCOCCOCCOCCNC(=O)CC[C@H](N)C(=O)N[C@@H](C)C(=O)N[C@@H](C)C(=O)OC(C)(C)C. The molecule has 49 heavy (non-hydrogen) atoms. The zero-order chi connectivity index (χ0) is 36.8. The molecule has 0 rings (SSSR count). The first-order chi connectivity index (χ1) is 23.4. The van der Waals surface area contributed by atoms with Crippen LogP contribution in [-0.2, 0) is 61.8 Å². The Morgan fingerprint density at radius 1 is 0.592 bits per heavy atom. The maximum absolute atomic E-state index is 12.4. The predicted molar refractivity (Wildman–Crippen MR) is 179 cm³/mol. The second-order valence-corrected chi connectivity index (χ2v) is 11.8. The standard InChI is InChI=1S/C32H62N4O13/c1-25(29(38)36-26(2)31(40)49-32(3,4)5)35-30(39)27(33)7-8-28(37)34-9-10-42-13-14-44-17-18-46-21-22-48-24-23-47-20-19-45-16-15-43-12-11-41-6/h25-27H,7-24,33H2,1-6H3,(H,34,37)(H,35,39)(H,36,38)/t25-,26-,27-/m0/s1. The first-order valence-corrected chi connectivity index (χ1v) is 16.8. The number of rotatable bonds is 32. The van der Waals surface area contributed by atoms with E-state index in [-0.39, 0.29) is 18.7 Å². The normalized spacial score (nSPS) is 13.4. The minimum atomic E-state index is -0.992. The summed E-state index contributed by atoms with van der Waals surface area (Å²) in [5, 5.41) is 7.68. The Balaban J connectivity index is 3.61. The Hall–Kier alpha value is -2.48. The fourth-order valence-electron chi connectivity index (χ4n) is 3.51. The molecule has 0 heterocycles. The van der Waals surface area contributed by atoms with Crippen LogP contribution in [0.1, 0.15) is 47.5 Å². The van der Waals surface area contributed by atoms with Crippen molar-refractivity contribution in [3.8, 4) is 0 Å². The van der Waals surface area contributed by atoms with E-state index < -0.39 is 41.5 Å². The number of ether oxygens (including phenoxy) is 9. The largest absolute Gasteiger partial charge is 0.458 e. The molecule has 17 heteroatoms. The summed E-state index contributed by atoms with van der Waals surface area (Å²) in [4.78, 5) is 48.8. The average Bonchev–Trinajstić information content (AvgIpc) is 3.04. The molecule has 17 nitrogen and oxygen atoms in total. The first-order valence-electron chi connectivity index (χ1n) is 16.8. The highest BCUT2D eigenvalue weighted by Crippen LogP contribution is 2.08. The Morgan fingerprint density at radius 2 is 0.980 bits per heavy atom. The Morgan fingerprint density at radius 3 is 1.39 bits per heavy atom. The lowest BCUT2D eigenvalue weighted by Crippen LogP contribution is -2.53. The molecule has 0 fully saturated rings. The number of carbonyl (C=O) groups excluding carboxylic acids is 4. The van der Waals surface area contributed by atoms with Gasteiger partial charge in [0, 0.05) is 20.1 Å². The number of nitrogens with two attached hydrogens (primary N) is 1. The minimum Gasteiger partial charge on any atom is -0.458 e. The van der Waals surface area contributed by atoms with E-state index >= 15 is 0 Å². The van der Waals surface area contributed by atoms with Gasteiger partial charge in [-0.05, 0) is 41.0 Å². The van der Waals surface area contributed by atoms with E-state index in [4.69, 9.17) is 48.4 Å². The van der Waals surface area contributed by atoms with Crippen molar-refractivity contribution in [3.05, 3.63) is 0 Å². The van der Waals surface area contributed by atoms with Crippen molar-refractivity contribution in [1.82, 2.24) is 16.0 Å². The Bertz CT molecular complexity index is 876. The molecule has 0 saturated heterocycles. The van der Waals surface area contributed by atoms with E-state index in [1.54, 1.807) is 27.9 Å². The highest BCUT2D eigenvalue weighted by atomic mass is 16.6. The van der Waals surface area contributed by atoms with Gasteiger partial charge in [0.1, 0.15) is 17.7 Å². The van der Waals surface area contributed by atoms with Gasteiger partial charge in [-0.3, -0.25) is 14.4 Å². The minimum absolute atomic E-state index is 0.0231. The van der Waals surface area contributed by atoms with E-state index in [9.17, 15) is 19.2 Å². The van der Waals surface area contributed by atoms with Gasteiger partial charge in [0.15, 0.2) is 0 Å². The van der Waals surface area contributed by atoms with Gasteiger partial charge >= 0.3 is 5.97 Å². The van der Waals surface area contributed by atoms with Crippen LogP contribution >= 0.6 is 0 Å². The molecule has 0 saturated carbocycles. The summed E-state index contributed by atoms with van der Waals surface area (Å²) >= 11 is 0. The van der Waals surface area contributed by atoms with Gasteiger partial charge < -0.3 is 64.3 Å². The molecular formula is C32H62N4O13. The molecule has 0 aromatic heterocycles. The number of hydrogen-bond acceptors (Lipinski definition) is 14. The van der Waals surface area contributed by atoms with Crippen molar-refractivity contribution in [2.24, 2.45) is 5.73 Å². The average molecular weight is 711 g/mol. The third-order valence-corrected chi connectivity index (χ3v) is 6.12. The fraction of sp³-hybridized carbons (Fsp3) is 0.875. The molecular weight excluding hydrogens is 648 g/mol. The smallest absolute Gasteiger partial charge is 0.328 e. The van der Waals surface area contributed by atoms with Crippen molar-refractivity contribution >= 4 is 23.7 Å². The van der Waals surface area contributed by atoms with Gasteiger partial charge in [-0.2, -0.15) is 0 Å². The van der Waals surface area contributed by atoms with Gasteiger partial charge in [0.05, 0.1) is 105 Å². The summed E-state index contributed by atoms with van der Waals surface area (Å²) < 4.78 is 48.0. The monoisotopic (exact) mass is 710 g/mol. The predicted octanol–water partition coefficient (Wildman–Crippen LogP) is -0.676. The maximum Gasteiger partial charge on any atom is 0.328 e. The molecule has 0 radical (unpaired) electrons. The van der Waals surface area contributed by atoms with Gasteiger partial charge in [0.2, 0.25) is 17.7 Å². The molecule has 0 aromatic carbocycles. The molecule has 0 aliphatic carbocycles. The van der Waals surface area contributed by atoms with Crippen molar-refractivity contribution < 1.29 is 61.8 Å². The van der Waals surface area contributed by atoms with Gasteiger partial charge in [0.25, 0.3) is 0 Å². The second kappa shape index (κ2) is 30.4. The maximum atomic E-state index is 12.4. The van der Waals surface area contributed by atoms with Crippen molar-refractivity contribution in [3.63, 3.8) is 0 Å². The van der Waals surface area contributed by atoms with Crippen molar-refractivity contribution in [2.45, 2.75) is 71.2 Å². The van der Waals surface area contributed by atoms with E-state index in [2.05, 4.69) is 16.0 Å². The van der Waals surface area contributed by atoms with Crippen LogP contribution < -0.4 is 21.7 Å². The molecule has 5 N–H and O–H groups in total. The third-order valence-electron chi connectivity index (χ3n) is 6.12. The molecule has 0 aromatic rings.